The minimum atomic E-state index is -0.574. The summed E-state index contributed by atoms with van der Waals surface area (Å²) in [6.07, 6.45) is 2.17. The molecule has 1 atom stereocenters. The highest BCUT2D eigenvalue weighted by Gasteiger charge is 2.25. The van der Waals surface area contributed by atoms with Gasteiger partial charge in [0.1, 0.15) is 17.4 Å². The summed E-state index contributed by atoms with van der Waals surface area (Å²) in [4.78, 5) is 34.4. The lowest BCUT2D eigenvalue weighted by Crippen LogP contribution is -2.26. The first-order valence-electron chi connectivity index (χ1n) is 11.3. The van der Waals surface area contributed by atoms with E-state index in [9.17, 15) is 14.0 Å². The van der Waals surface area contributed by atoms with E-state index in [1.165, 1.54) is 23.9 Å². The number of nitrogens with zero attached hydrogens (tertiary/aromatic N) is 3. The van der Waals surface area contributed by atoms with Gasteiger partial charge < -0.3 is 10.1 Å². The molecule has 0 bridgehead atoms. The number of rotatable bonds is 9. The predicted molar refractivity (Wildman–Crippen MR) is 134 cm³/mol. The van der Waals surface area contributed by atoms with Crippen LogP contribution in [0.15, 0.2) is 72.0 Å². The molecule has 0 aliphatic rings. The molecule has 1 N–H and O–H groups in total. The van der Waals surface area contributed by atoms with Crippen LogP contribution in [0.4, 0.5) is 10.1 Å². The highest BCUT2D eigenvalue weighted by Crippen LogP contribution is 2.31. The van der Waals surface area contributed by atoms with Crippen molar-refractivity contribution in [3.05, 3.63) is 83.8 Å². The largest absolute Gasteiger partial charge is 0.462 e. The Bertz CT molecular complexity index is 1340. The maximum atomic E-state index is 13.6. The van der Waals surface area contributed by atoms with Gasteiger partial charge in [0, 0.05) is 17.6 Å². The lowest BCUT2D eigenvalue weighted by molar-refractivity contribution is -0.119. The Hall–Kier alpha value is -3.72. The molecule has 0 radical (unpaired) electrons. The summed E-state index contributed by atoms with van der Waals surface area (Å²) >= 11 is 1.43. The third-order valence-corrected chi connectivity index (χ3v) is 6.36. The molecule has 180 valence electrons. The van der Waals surface area contributed by atoms with Crippen LogP contribution >= 0.6 is 11.8 Å². The summed E-state index contributed by atoms with van der Waals surface area (Å²) in [7, 11) is 0. The number of carbonyl (C=O) groups is 2. The molecule has 2 aromatic heterocycles. The molecule has 2 heterocycles. The average Bonchev–Trinajstić information content (AvgIpc) is 3.22. The molecule has 9 heteroatoms. The number of halogens is 1. The molecule has 7 nitrogen and oxygen atoms in total. The van der Waals surface area contributed by atoms with E-state index in [-0.39, 0.29) is 11.7 Å². The van der Waals surface area contributed by atoms with Crippen LogP contribution in [-0.4, -0.2) is 33.0 Å². The minimum Gasteiger partial charge on any atom is -0.462 e. The second-order valence-corrected chi connectivity index (χ2v) is 8.68. The van der Waals surface area contributed by atoms with Crippen LogP contribution in [0.1, 0.15) is 42.2 Å². The molecular formula is C26H25FN4O3S. The number of amides is 1. The van der Waals surface area contributed by atoms with Gasteiger partial charge in [-0.1, -0.05) is 30.8 Å². The van der Waals surface area contributed by atoms with E-state index in [1.807, 2.05) is 23.6 Å². The monoisotopic (exact) mass is 492 g/mol. The first-order valence-corrected chi connectivity index (χ1v) is 12.3. The smallest absolute Gasteiger partial charge is 0.338 e. The lowest BCUT2D eigenvalue weighted by atomic mass is 10.1. The van der Waals surface area contributed by atoms with Crippen LogP contribution in [0.25, 0.3) is 11.2 Å². The van der Waals surface area contributed by atoms with Crippen LogP contribution in [0.5, 0.6) is 0 Å². The van der Waals surface area contributed by atoms with Gasteiger partial charge in [-0.05, 0) is 67.4 Å². The number of anilines is 1. The van der Waals surface area contributed by atoms with Gasteiger partial charge in [-0.15, -0.1) is 0 Å². The number of hydrogen-bond acceptors (Lipinski definition) is 6. The van der Waals surface area contributed by atoms with Crippen LogP contribution in [-0.2, 0) is 15.3 Å². The van der Waals surface area contributed by atoms with E-state index >= 15 is 0 Å². The number of ether oxygens (including phenoxy) is 1. The molecule has 0 fully saturated rings. The van der Waals surface area contributed by atoms with E-state index in [0.717, 1.165) is 5.56 Å². The SMILES string of the molecule is CCOC(=O)c1ccc(NC(=O)[C@@H](CC)n2c(SCc3cccc(F)c3)nc3cccnc32)cc1. The van der Waals surface area contributed by atoms with Crippen LogP contribution in [0.2, 0.25) is 0 Å². The van der Waals surface area contributed by atoms with Gasteiger partial charge in [0.05, 0.1) is 12.2 Å². The van der Waals surface area contributed by atoms with Gasteiger partial charge >= 0.3 is 5.97 Å². The normalized spacial score (nSPS) is 11.9. The topological polar surface area (TPSA) is 86.1 Å². The van der Waals surface area contributed by atoms with Gasteiger partial charge in [0.2, 0.25) is 5.91 Å². The van der Waals surface area contributed by atoms with Crippen molar-refractivity contribution in [2.75, 3.05) is 11.9 Å². The zero-order valence-electron chi connectivity index (χ0n) is 19.4. The Kier molecular flexibility index (Phi) is 7.77. The summed E-state index contributed by atoms with van der Waals surface area (Å²) in [6, 6.07) is 16.1. The maximum absolute atomic E-state index is 13.6. The molecule has 0 aliphatic carbocycles. The predicted octanol–water partition coefficient (Wildman–Crippen LogP) is 5.63. The number of nitrogens with one attached hydrogen (secondary N) is 1. The Labute approximate surface area is 206 Å². The molecular weight excluding hydrogens is 467 g/mol. The van der Waals surface area contributed by atoms with E-state index in [2.05, 4.69) is 10.3 Å². The number of aromatic nitrogens is 3. The molecule has 35 heavy (non-hydrogen) atoms. The minimum absolute atomic E-state index is 0.228. The van der Waals surface area contributed by atoms with Crippen molar-refractivity contribution in [2.24, 2.45) is 0 Å². The first kappa shape index (κ1) is 24.4. The van der Waals surface area contributed by atoms with Crippen molar-refractivity contribution >= 4 is 40.5 Å². The summed E-state index contributed by atoms with van der Waals surface area (Å²) in [5.74, 6) is -0.436. The summed E-state index contributed by atoms with van der Waals surface area (Å²) in [6.45, 7) is 3.96. The number of hydrogen-bond donors (Lipinski definition) is 1. The Balaban J connectivity index is 1.58. The molecule has 4 rings (SSSR count). The van der Waals surface area contributed by atoms with Gasteiger partial charge in [-0.3, -0.25) is 9.36 Å². The zero-order valence-corrected chi connectivity index (χ0v) is 20.2. The standard InChI is InChI=1S/C26H25FN4O3S/c1-3-22(24(32)29-20-12-10-18(11-13-20)25(33)34-4-2)31-23-21(9-6-14-28-23)30-26(31)35-16-17-7-5-8-19(27)15-17/h5-15,22H,3-4,16H2,1-2H3,(H,29,32)/t22-/m1/s1. The Morgan fingerprint density at radius 1 is 1.11 bits per heavy atom. The highest BCUT2D eigenvalue weighted by molar-refractivity contribution is 7.98. The third-order valence-electron chi connectivity index (χ3n) is 5.34. The number of carbonyl (C=O) groups excluding carboxylic acids is 2. The number of esters is 1. The molecule has 1 amide bonds. The summed E-state index contributed by atoms with van der Waals surface area (Å²) < 4.78 is 20.5. The van der Waals surface area contributed by atoms with Crippen molar-refractivity contribution in [1.82, 2.24) is 14.5 Å². The fourth-order valence-electron chi connectivity index (χ4n) is 3.68. The van der Waals surface area contributed by atoms with Gasteiger partial charge in [-0.2, -0.15) is 0 Å². The molecule has 4 aromatic rings. The second-order valence-electron chi connectivity index (χ2n) is 7.74. The van der Waals surface area contributed by atoms with Crippen molar-refractivity contribution in [3.63, 3.8) is 0 Å². The number of imidazole rings is 1. The molecule has 0 unspecified atom stereocenters. The number of thioether (sulfide) groups is 1. The summed E-state index contributed by atoms with van der Waals surface area (Å²) in [5, 5.41) is 3.55. The van der Waals surface area contributed by atoms with Gasteiger partial charge in [0.25, 0.3) is 0 Å². The van der Waals surface area contributed by atoms with Gasteiger partial charge in [-0.25, -0.2) is 19.2 Å². The van der Waals surface area contributed by atoms with Crippen molar-refractivity contribution in [3.8, 4) is 0 Å². The number of fused-ring (bicyclic) bond motifs is 1. The van der Waals surface area contributed by atoms with Crippen molar-refractivity contribution < 1.29 is 18.7 Å². The number of benzene rings is 2. The highest BCUT2D eigenvalue weighted by atomic mass is 32.2. The maximum Gasteiger partial charge on any atom is 0.338 e. The molecule has 0 saturated heterocycles. The van der Waals surface area contributed by atoms with Crippen LogP contribution in [0, 0.1) is 5.82 Å². The fraction of sp³-hybridized carbons (Fsp3) is 0.231. The van der Waals surface area contributed by atoms with Crippen molar-refractivity contribution in [1.29, 1.82) is 0 Å². The van der Waals surface area contributed by atoms with Crippen molar-refractivity contribution in [2.45, 2.75) is 37.2 Å². The van der Waals surface area contributed by atoms with E-state index in [1.54, 1.807) is 49.5 Å². The quantitative estimate of drug-likeness (QED) is 0.241. The molecule has 2 aromatic carbocycles. The lowest BCUT2D eigenvalue weighted by Gasteiger charge is -2.19. The van der Waals surface area contributed by atoms with Gasteiger partial charge in [0.15, 0.2) is 10.8 Å². The Morgan fingerprint density at radius 2 is 1.91 bits per heavy atom. The fourth-order valence-corrected chi connectivity index (χ4v) is 4.67. The van der Waals surface area contributed by atoms with Crippen LogP contribution < -0.4 is 5.32 Å². The van der Waals surface area contributed by atoms with E-state index in [0.29, 0.717) is 46.4 Å². The average molecular weight is 493 g/mol. The van der Waals surface area contributed by atoms with E-state index in [4.69, 9.17) is 9.72 Å². The molecule has 0 aliphatic heterocycles. The Morgan fingerprint density at radius 3 is 2.63 bits per heavy atom. The third kappa shape index (κ3) is 5.68. The summed E-state index contributed by atoms with van der Waals surface area (Å²) in [5.41, 5.74) is 3.08. The number of pyridine rings is 1. The second kappa shape index (κ2) is 11.1. The van der Waals surface area contributed by atoms with Crippen LogP contribution in [0.3, 0.4) is 0 Å². The zero-order chi connectivity index (χ0) is 24.8. The molecule has 0 saturated carbocycles. The van der Waals surface area contributed by atoms with E-state index < -0.39 is 12.0 Å². The molecule has 0 spiro atoms. The first-order chi connectivity index (χ1) is 17.0.